The highest BCUT2D eigenvalue weighted by atomic mass is 19.4. The molecule has 1 aliphatic carbocycles. The van der Waals surface area contributed by atoms with Gasteiger partial charge >= 0.3 is 6.18 Å². The molecule has 0 heterocycles. The van der Waals surface area contributed by atoms with Crippen LogP contribution < -0.4 is 10.1 Å². The molecule has 1 aliphatic rings. The number of benzene rings is 1. The van der Waals surface area contributed by atoms with E-state index in [9.17, 15) is 18.0 Å². The summed E-state index contributed by atoms with van der Waals surface area (Å²) in [6.07, 6.45) is -1.72. The SMILES string of the molecule is O=C(Nc1ccccc1OCC(F)(F)F)C1CCC1. The number of halogens is 3. The Labute approximate surface area is 108 Å². The first kappa shape index (κ1) is 13.7. The quantitative estimate of drug-likeness (QED) is 0.913. The van der Waals surface area contributed by atoms with E-state index in [1.54, 1.807) is 12.1 Å². The molecule has 0 radical (unpaired) electrons. The van der Waals surface area contributed by atoms with Gasteiger partial charge in [0.1, 0.15) is 5.75 Å². The topological polar surface area (TPSA) is 38.3 Å². The lowest BCUT2D eigenvalue weighted by molar-refractivity contribution is -0.153. The predicted molar refractivity (Wildman–Crippen MR) is 64.0 cm³/mol. The minimum Gasteiger partial charge on any atom is -0.482 e. The Hall–Kier alpha value is -1.72. The van der Waals surface area contributed by atoms with Crippen LogP contribution >= 0.6 is 0 Å². The Bertz CT molecular complexity index is 455. The van der Waals surface area contributed by atoms with E-state index in [1.165, 1.54) is 12.1 Å². The normalized spacial score (nSPS) is 15.7. The number of carbonyl (C=O) groups is 1. The van der Waals surface area contributed by atoms with Crippen molar-refractivity contribution in [1.29, 1.82) is 0 Å². The zero-order valence-corrected chi connectivity index (χ0v) is 10.2. The van der Waals surface area contributed by atoms with Crippen molar-refractivity contribution in [2.24, 2.45) is 5.92 Å². The van der Waals surface area contributed by atoms with E-state index in [-0.39, 0.29) is 23.3 Å². The van der Waals surface area contributed by atoms with Crippen molar-refractivity contribution >= 4 is 11.6 Å². The highest BCUT2D eigenvalue weighted by molar-refractivity contribution is 5.94. The van der Waals surface area contributed by atoms with Crippen LogP contribution in [0.25, 0.3) is 0 Å². The maximum atomic E-state index is 12.1. The minimum atomic E-state index is -4.40. The van der Waals surface area contributed by atoms with Crippen molar-refractivity contribution in [2.45, 2.75) is 25.4 Å². The second-order valence-corrected chi connectivity index (χ2v) is 4.52. The number of alkyl halides is 3. The Kier molecular flexibility index (Phi) is 3.97. The third-order valence-electron chi connectivity index (χ3n) is 3.01. The van der Waals surface area contributed by atoms with E-state index >= 15 is 0 Å². The Morgan fingerprint density at radius 2 is 2.00 bits per heavy atom. The lowest BCUT2D eigenvalue weighted by Gasteiger charge is -2.24. The third kappa shape index (κ3) is 3.87. The van der Waals surface area contributed by atoms with E-state index in [4.69, 9.17) is 4.74 Å². The number of ether oxygens (including phenoxy) is 1. The van der Waals surface area contributed by atoms with Crippen LogP contribution in [0.1, 0.15) is 19.3 Å². The first-order valence-electron chi connectivity index (χ1n) is 6.05. The van der Waals surface area contributed by atoms with Gasteiger partial charge in [0, 0.05) is 5.92 Å². The molecule has 0 saturated heterocycles. The fraction of sp³-hybridized carbons (Fsp3) is 0.462. The summed E-state index contributed by atoms with van der Waals surface area (Å²) in [5.41, 5.74) is 0.281. The fourth-order valence-electron chi connectivity index (χ4n) is 1.76. The van der Waals surface area contributed by atoms with Crippen molar-refractivity contribution in [1.82, 2.24) is 0 Å². The Morgan fingerprint density at radius 1 is 1.32 bits per heavy atom. The molecule has 1 aromatic rings. The van der Waals surface area contributed by atoms with Gasteiger partial charge in [-0.2, -0.15) is 13.2 Å². The molecule has 19 heavy (non-hydrogen) atoms. The summed E-state index contributed by atoms with van der Waals surface area (Å²) in [7, 11) is 0. The van der Waals surface area contributed by atoms with E-state index in [1.807, 2.05) is 0 Å². The highest BCUT2D eigenvalue weighted by Crippen LogP contribution is 2.30. The maximum absolute atomic E-state index is 12.1. The first-order chi connectivity index (χ1) is 8.96. The number of para-hydroxylation sites is 2. The molecule has 1 saturated carbocycles. The molecule has 3 nitrogen and oxygen atoms in total. The van der Waals surface area contributed by atoms with Crippen LogP contribution in [-0.4, -0.2) is 18.7 Å². The monoisotopic (exact) mass is 273 g/mol. The average molecular weight is 273 g/mol. The molecular weight excluding hydrogens is 259 g/mol. The van der Waals surface area contributed by atoms with Crippen molar-refractivity contribution in [3.63, 3.8) is 0 Å². The molecule has 0 spiro atoms. The summed E-state index contributed by atoms with van der Waals surface area (Å²) in [5.74, 6) is -0.155. The van der Waals surface area contributed by atoms with Gasteiger partial charge in [-0.1, -0.05) is 18.6 Å². The second-order valence-electron chi connectivity index (χ2n) is 4.52. The lowest BCUT2D eigenvalue weighted by atomic mass is 9.85. The third-order valence-corrected chi connectivity index (χ3v) is 3.01. The van der Waals surface area contributed by atoms with Gasteiger partial charge in [0.05, 0.1) is 5.69 Å². The summed E-state index contributed by atoms with van der Waals surface area (Å²) >= 11 is 0. The van der Waals surface area contributed by atoms with Gasteiger partial charge in [-0.25, -0.2) is 0 Å². The molecule has 0 aromatic heterocycles. The molecule has 0 unspecified atom stereocenters. The molecule has 1 aromatic carbocycles. The smallest absolute Gasteiger partial charge is 0.422 e. The zero-order chi connectivity index (χ0) is 13.9. The van der Waals surface area contributed by atoms with Gasteiger partial charge in [0.15, 0.2) is 6.61 Å². The van der Waals surface area contributed by atoms with Crippen molar-refractivity contribution in [3.05, 3.63) is 24.3 Å². The Balaban J connectivity index is 2.01. The summed E-state index contributed by atoms with van der Waals surface area (Å²) in [6, 6.07) is 6.13. The molecule has 0 atom stereocenters. The fourth-order valence-corrected chi connectivity index (χ4v) is 1.76. The maximum Gasteiger partial charge on any atom is 0.422 e. The standard InChI is InChI=1S/C13H14F3NO2/c14-13(15,16)8-19-11-7-2-1-6-10(11)17-12(18)9-4-3-5-9/h1-2,6-7,9H,3-5,8H2,(H,17,18). The highest BCUT2D eigenvalue weighted by Gasteiger charge is 2.29. The molecular formula is C13H14F3NO2. The van der Waals surface area contributed by atoms with Crippen LogP contribution in [0, 0.1) is 5.92 Å². The van der Waals surface area contributed by atoms with Crippen LogP contribution in [0.3, 0.4) is 0 Å². The molecule has 104 valence electrons. The molecule has 1 N–H and O–H groups in total. The van der Waals surface area contributed by atoms with Crippen LogP contribution in [0.15, 0.2) is 24.3 Å². The summed E-state index contributed by atoms with van der Waals surface area (Å²) in [4.78, 5) is 11.8. The zero-order valence-electron chi connectivity index (χ0n) is 10.2. The van der Waals surface area contributed by atoms with Gasteiger partial charge in [0.2, 0.25) is 5.91 Å². The predicted octanol–water partition coefficient (Wildman–Crippen LogP) is 3.37. The largest absolute Gasteiger partial charge is 0.482 e. The number of anilines is 1. The van der Waals surface area contributed by atoms with Crippen LogP contribution in [-0.2, 0) is 4.79 Å². The van der Waals surface area contributed by atoms with Gasteiger partial charge in [-0.15, -0.1) is 0 Å². The van der Waals surface area contributed by atoms with Crippen LogP contribution in [0.4, 0.5) is 18.9 Å². The molecule has 2 rings (SSSR count). The van der Waals surface area contributed by atoms with Crippen molar-refractivity contribution in [2.75, 3.05) is 11.9 Å². The van der Waals surface area contributed by atoms with Crippen LogP contribution in [0.5, 0.6) is 5.75 Å². The molecule has 0 bridgehead atoms. The van der Waals surface area contributed by atoms with Gasteiger partial charge in [-0.05, 0) is 25.0 Å². The van der Waals surface area contributed by atoms with Crippen molar-refractivity contribution < 1.29 is 22.7 Å². The number of hydrogen-bond donors (Lipinski definition) is 1. The first-order valence-corrected chi connectivity index (χ1v) is 6.05. The number of amides is 1. The van der Waals surface area contributed by atoms with Gasteiger partial charge < -0.3 is 10.1 Å². The number of rotatable bonds is 4. The van der Waals surface area contributed by atoms with Gasteiger partial charge in [0.25, 0.3) is 0 Å². The summed E-state index contributed by atoms with van der Waals surface area (Å²) < 4.78 is 41.0. The van der Waals surface area contributed by atoms with E-state index < -0.39 is 12.8 Å². The van der Waals surface area contributed by atoms with E-state index in [2.05, 4.69) is 5.32 Å². The molecule has 1 fully saturated rings. The molecule has 6 heteroatoms. The molecule has 1 amide bonds. The van der Waals surface area contributed by atoms with Crippen molar-refractivity contribution in [3.8, 4) is 5.75 Å². The average Bonchev–Trinajstić information content (AvgIpc) is 2.24. The number of hydrogen-bond acceptors (Lipinski definition) is 2. The summed E-state index contributed by atoms with van der Waals surface area (Å²) in [6.45, 7) is -1.37. The minimum absolute atomic E-state index is 0.0318. The molecule has 0 aliphatic heterocycles. The van der Waals surface area contributed by atoms with Crippen LogP contribution in [0.2, 0.25) is 0 Å². The lowest BCUT2D eigenvalue weighted by Crippen LogP contribution is -2.28. The van der Waals surface area contributed by atoms with E-state index in [0.717, 1.165) is 19.3 Å². The number of carbonyl (C=O) groups excluding carboxylic acids is 1. The van der Waals surface area contributed by atoms with E-state index in [0.29, 0.717) is 0 Å². The Morgan fingerprint density at radius 3 is 2.58 bits per heavy atom. The number of nitrogens with one attached hydrogen (secondary N) is 1. The second kappa shape index (κ2) is 5.50. The summed E-state index contributed by atoms with van der Waals surface area (Å²) in [5, 5.41) is 2.62. The van der Waals surface area contributed by atoms with Gasteiger partial charge in [-0.3, -0.25) is 4.79 Å².